The maximum atomic E-state index is 13.9. The first-order valence-corrected chi connectivity index (χ1v) is 20.2. The van der Waals surface area contributed by atoms with E-state index in [4.69, 9.17) is 19.4 Å². The Balaban J connectivity index is 0.943. The minimum Gasteiger partial charge on any atom is -0.453 e. The second kappa shape index (κ2) is 16.1. The van der Waals surface area contributed by atoms with Crippen molar-refractivity contribution >= 4 is 23.6 Å². The summed E-state index contributed by atoms with van der Waals surface area (Å²) in [6.07, 6.45) is 7.34. The molecule has 3 aromatic carbocycles. The number of likely N-dealkylation sites (tertiary alicyclic amines) is 2. The number of imidazole rings is 2. The Morgan fingerprint density at radius 2 is 1.41 bits per heavy atom. The highest BCUT2D eigenvalue weighted by atomic mass is 16.5. The number of nitrogens with one attached hydrogen (secondary N) is 3. The topological polar surface area (TPSA) is 149 Å². The van der Waals surface area contributed by atoms with Gasteiger partial charge in [-0.1, -0.05) is 62.4 Å². The molecule has 0 bridgehead atoms. The summed E-state index contributed by atoms with van der Waals surface area (Å²) in [5, 5.41) is 2.70. The lowest BCUT2D eigenvalue weighted by Crippen LogP contribution is -2.51. The van der Waals surface area contributed by atoms with Crippen LogP contribution in [-0.2, 0) is 14.3 Å². The molecule has 1 spiro atoms. The van der Waals surface area contributed by atoms with E-state index in [1.165, 1.54) is 7.11 Å². The number of H-pyrrole nitrogens is 2. The van der Waals surface area contributed by atoms with E-state index in [0.717, 1.165) is 83.3 Å². The Labute approximate surface area is 339 Å². The van der Waals surface area contributed by atoms with E-state index in [9.17, 15) is 14.4 Å². The maximum Gasteiger partial charge on any atom is 0.407 e. The standard InChI is InChI=1S/C45H52N8O5/c1-28(2)39(50-44(56)57-5)43(55)52-22-6-8-37(52)40-46-25-35(48-40)31-13-9-29(10-14-31)30-11-15-32(16-12-30)36-26-47-41(49-36)38-24-45(21-7-23-58-45)27-53(38)42(54)33-17-19-34(20-18-33)51(3)4/h9-20,25-26,28,37-39H,6-8,21-24,27H2,1-5H3,(H,46,48)(H,47,49)(H,50,56)/t37-,38-,39-,45-/m0/s1. The summed E-state index contributed by atoms with van der Waals surface area (Å²) in [5.74, 6) is 1.26. The zero-order valence-corrected chi connectivity index (χ0v) is 33.8. The normalized spacial score (nSPS) is 20.9. The third kappa shape index (κ3) is 7.70. The highest BCUT2D eigenvalue weighted by Gasteiger charge is 2.50. The molecule has 3 aliphatic heterocycles. The highest BCUT2D eigenvalue weighted by Crippen LogP contribution is 2.45. The summed E-state index contributed by atoms with van der Waals surface area (Å²) >= 11 is 0. The molecule has 0 radical (unpaired) electrons. The molecule has 3 amide bonds. The van der Waals surface area contributed by atoms with Crippen molar-refractivity contribution in [2.45, 2.75) is 69.7 Å². The molecule has 13 heteroatoms. The van der Waals surface area contributed by atoms with Gasteiger partial charge < -0.3 is 39.5 Å². The monoisotopic (exact) mass is 784 g/mol. The second-order valence-corrected chi connectivity index (χ2v) is 16.3. The molecule has 3 fully saturated rings. The SMILES string of the molecule is COC(=O)N[C@H](C(=O)N1CCC[C@H]1c1ncc(-c2ccc(-c3ccc(-c4cnc([C@@H]5C[C@@]6(CCCO6)CN5C(=O)c5ccc(N(C)C)cc5)[nH]4)cc3)cc2)[nH]1)C(C)C. The van der Waals surface area contributed by atoms with Crippen LogP contribution in [0.25, 0.3) is 33.6 Å². The van der Waals surface area contributed by atoms with E-state index < -0.39 is 12.1 Å². The van der Waals surface area contributed by atoms with Gasteiger partial charge in [-0.2, -0.15) is 0 Å². The van der Waals surface area contributed by atoms with Gasteiger partial charge in [0.15, 0.2) is 0 Å². The number of rotatable bonds is 10. The Morgan fingerprint density at radius 1 is 0.828 bits per heavy atom. The molecule has 3 N–H and O–H groups in total. The number of aromatic nitrogens is 4. The van der Waals surface area contributed by atoms with Gasteiger partial charge >= 0.3 is 6.09 Å². The van der Waals surface area contributed by atoms with Crippen LogP contribution in [0.2, 0.25) is 0 Å². The van der Waals surface area contributed by atoms with E-state index in [0.29, 0.717) is 25.1 Å². The van der Waals surface area contributed by atoms with Gasteiger partial charge in [0.2, 0.25) is 5.91 Å². The number of carbonyl (C=O) groups excluding carboxylic acids is 3. The maximum absolute atomic E-state index is 13.9. The summed E-state index contributed by atoms with van der Waals surface area (Å²) in [6, 6.07) is 23.4. The number of methoxy groups -OCH3 is 1. The van der Waals surface area contributed by atoms with Crippen molar-refractivity contribution in [3.05, 3.63) is 102 Å². The van der Waals surface area contributed by atoms with Crippen LogP contribution in [0.3, 0.4) is 0 Å². The molecule has 5 heterocycles. The fourth-order valence-corrected chi connectivity index (χ4v) is 8.70. The zero-order chi connectivity index (χ0) is 40.6. The van der Waals surface area contributed by atoms with E-state index in [1.807, 2.05) is 79.3 Å². The molecule has 2 aromatic heterocycles. The average molecular weight is 785 g/mol. The molecule has 302 valence electrons. The molecule has 8 rings (SSSR count). The fourth-order valence-electron chi connectivity index (χ4n) is 8.70. The third-order valence-electron chi connectivity index (χ3n) is 12.0. The highest BCUT2D eigenvalue weighted by molar-refractivity contribution is 5.95. The molecule has 0 unspecified atom stereocenters. The smallest absolute Gasteiger partial charge is 0.407 e. The van der Waals surface area contributed by atoms with Gasteiger partial charge in [0.1, 0.15) is 17.7 Å². The summed E-state index contributed by atoms with van der Waals surface area (Å²) in [6.45, 7) is 5.68. The van der Waals surface area contributed by atoms with Crippen molar-refractivity contribution in [2.75, 3.05) is 45.8 Å². The van der Waals surface area contributed by atoms with Gasteiger partial charge in [0.05, 0.1) is 55.1 Å². The van der Waals surface area contributed by atoms with Crippen LogP contribution in [0, 0.1) is 5.92 Å². The number of anilines is 1. The average Bonchev–Trinajstić information content (AvgIpc) is 4.10. The predicted octanol–water partition coefficient (Wildman–Crippen LogP) is 7.38. The van der Waals surface area contributed by atoms with Crippen molar-refractivity contribution in [3.8, 4) is 33.6 Å². The van der Waals surface area contributed by atoms with E-state index in [2.05, 4.69) is 63.8 Å². The van der Waals surface area contributed by atoms with Crippen molar-refractivity contribution < 1.29 is 23.9 Å². The van der Waals surface area contributed by atoms with Gasteiger partial charge in [-0.05, 0) is 78.1 Å². The fraction of sp³-hybridized carbons (Fsp3) is 0.400. The van der Waals surface area contributed by atoms with Gasteiger partial charge in [-0.15, -0.1) is 0 Å². The van der Waals surface area contributed by atoms with Crippen molar-refractivity contribution in [2.24, 2.45) is 5.92 Å². The minimum atomic E-state index is -0.682. The predicted molar refractivity (Wildman–Crippen MR) is 222 cm³/mol. The first kappa shape index (κ1) is 38.9. The van der Waals surface area contributed by atoms with E-state index in [1.54, 1.807) is 0 Å². The third-order valence-corrected chi connectivity index (χ3v) is 12.0. The molecule has 3 aliphatic rings. The molecule has 0 aliphatic carbocycles. The Morgan fingerprint density at radius 3 is 1.95 bits per heavy atom. The zero-order valence-electron chi connectivity index (χ0n) is 33.8. The molecule has 3 saturated heterocycles. The molecule has 0 saturated carbocycles. The van der Waals surface area contributed by atoms with Crippen LogP contribution < -0.4 is 10.2 Å². The molecular weight excluding hydrogens is 733 g/mol. The number of benzene rings is 3. The summed E-state index contributed by atoms with van der Waals surface area (Å²) in [5.41, 5.74) is 7.28. The molecule has 58 heavy (non-hydrogen) atoms. The van der Waals surface area contributed by atoms with Crippen LogP contribution in [0.5, 0.6) is 0 Å². The number of hydrogen-bond donors (Lipinski definition) is 3. The van der Waals surface area contributed by atoms with Gasteiger partial charge in [0, 0.05) is 44.9 Å². The summed E-state index contributed by atoms with van der Waals surface area (Å²) in [4.78, 5) is 61.8. The van der Waals surface area contributed by atoms with Crippen LogP contribution in [0.15, 0.2) is 85.2 Å². The number of alkyl carbamates (subject to hydrolysis) is 1. The lowest BCUT2D eigenvalue weighted by Gasteiger charge is -2.30. The second-order valence-electron chi connectivity index (χ2n) is 16.3. The van der Waals surface area contributed by atoms with Crippen LogP contribution in [-0.4, -0.2) is 100 Å². The summed E-state index contributed by atoms with van der Waals surface area (Å²) in [7, 11) is 5.27. The minimum absolute atomic E-state index is 0.0115. The lowest BCUT2D eigenvalue weighted by atomic mass is 9.96. The lowest BCUT2D eigenvalue weighted by molar-refractivity contribution is -0.135. The first-order chi connectivity index (χ1) is 28.0. The first-order valence-electron chi connectivity index (χ1n) is 20.2. The Bertz CT molecular complexity index is 2240. The van der Waals surface area contributed by atoms with Crippen LogP contribution >= 0.6 is 0 Å². The number of amides is 3. The Kier molecular flexibility index (Phi) is 10.8. The van der Waals surface area contributed by atoms with Gasteiger partial charge in [0.25, 0.3) is 5.91 Å². The van der Waals surface area contributed by atoms with Gasteiger partial charge in [-0.3, -0.25) is 9.59 Å². The number of hydrogen-bond acceptors (Lipinski definition) is 8. The quantitative estimate of drug-likeness (QED) is 0.133. The van der Waals surface area contributed by atoms with Crippen molar-refractivity contribution in [3.63, 3.8) is 0 Å². The number of nitrogens with zero attached hydrogens (tertiary/aromatic N) is 5. The van der Waals surface area contributed by atoms with E-state index >= 15 is 0 Å². The molecule has 13 nitrogen and oxygen atoms in total. The molecule has 4 atom stereocenters. The number of aromatic amines is 2. The molecule has 5 aromatic rings. The van der Waals surface area contributed by atoms with Gasteiger partial charge in [-0.25, -0.2) is 14.8 Å². The molecular formula is C45H52N8O5. The van der Waals surface area contributed by atoms with E-state index in [-0.39, 0.29) is 35.4 Å². The largest absolute Gasteiger partial charge is 0.453 e. The number of ether oxygens (including phenoxy) is 2. The Hall–Kier alpha value is -5.95. The van der Waals surface area contributed by atoms with Crippen molar-refractivity contribution in [1.29, 1.82) is 0 Å². The number of carbonyl (C=O) groups is 3. The van der Waals surface area contributed by atoms with Crippen LogP contribution in [0.4, 0.5) is 10.5 Å². The van der Waals surface area contributed by atoms with Crippen LogP contribution in [0.1, 0.15) is 80.0 Å². The summed E-state index contributed by atoms with van der Waals surface area (Å²) < 4.78 is 11.1. The van der Waals surface area contributed by atoms with Crippen molar-refractivity contribution in [1.82, 2.24) is 35.1 Å².